The molecule has 2 aliphatic rings. The summed E-state index contributed by atoms with van der Waals surface area (Å²) in [5.41, 5.74) is 7.92. The van der Waals surface area contributed by atoms with Gasteiger partial charge in [-0.05, 0) is 36.1 Å². The van der Waals surface area contributed by atoms with Crippen molar-refractivity contribution in [2.24, 2.45) is 11.1 Å². The molecule has 0 radical (unpaired) electrons. The summed E-state index contributed by atoms with van der Waals surface area (Å²) in [5.74, 6) is -2.56. The summed E-state index contributed by atoms with van der Waals surface area (Å²) in [4.78, 5) is 74.4. The van der Waals surface area contributed by atoms with Gasteiger partial charge in [-0.3, -0.25) is 24.1 Å². The summed E-state index contributed by atoms with van der Waals surface area (Å²) in [6.45, 7) is 3.88. The lowest BCUT2D eigenvalue weighted by Crippen LogP contribution is -2.62. The Hall–Kier alpha value is -3.69. The van der Waals surface area contributed by atoms with E-state index < -0.39 is 29.0 Å². The van der Waals surface area contributed by atoms with Crippen LogP contribution in [0.1, 0.15) is 37.9 Å². The van der Waals surface area contributed by atoms with Crippen LogP contribution >= 0.6 is 34.9 Å². The standard InChI is InChI=1S/C28H31N5O7S3/c1-4-9-32(22(36)14-41-15(2)34)18-7-5-16(6-8-18)10-17-12-42-26-19(25(37)33(26)24(17)27(38)39)11-21(35)23(31-40-3)20-13-43-28(29)30-20/h5-8,13,19,26H,4,9-12,14H2,1-3H3,(H2,29,30)(H,38,39)/b31-23-/t19-,26-/m1/s1. The number of aromatic nitrogens is 1. The number of ketones is 1. The number of rotatable bonds is 13. The Labute approximate surface area is 260 Å². The van der Waals surface area contributed by atoms with E-state index in [1.807, 2.05) is 19.1 Å². The van der Waals surface area contributed by atoms with Crippen LogP contribution in [0.2, 0.25) is 0 Å². The molecule has 4 rings (SSSR count). The Morgan fingerprint density at radius 1 is 1.26 bits per heavy atom. The first-order valence-electron chi connectivity index (χ1n) is 13.3. The molecule has 2 aromatic rings. The molecular formula is C28H31N5O7S3. The molecule has 2 atom stereocenters. The van der Waals surface area contributed by atoms with Gasteiger partial charge in [0.1, 0.15) is 18.5 Å². The van der Waals surface area contributed by atoms with Gasteiger partial charge >= 0.3 is 5.97 Å². The molecule has 228 valence electrons. The highest BCUT2D eigenvalue weighted by Gasteiger charge is 2.54. The third kappa shape index (κ3) is 7.28. The number of aliphatic carboxylic acids is 1. The fourth-order valence-electron chi connectivity index (χ4n) is 4.88. The van der Waals surface area contributed by atoms with Crippen molar-refractivity contribution in [2.75, 3.05) is 35.8 Å². The SMILES string of the molecule is CCCN(C(=O)CSC(C)=O)c1ccc(CC2=C(C(=O)O)N3C(=O)[C@@H](CC(=O)/C(=N\OC)c4csc(N)n4)[C@H]3SC2)cc1. The van der Waals surface area contributed by atoms with E-state index in [-0.39, 0.29) is 45.4 Å². The van der Waals surface area contributed by atoms with Crippen LogP contribution in [-0.2, 0) is 35.2 Å². The number of nitrogens with two attached hydrogens (primary N) is 1. The number of hydrogen-bond donors (Lipinski definition) is 2. The van der Waals surface area contributed by atoms with E-state index in [1.165, 1.54) is 30.7 Å². The first kappa shape index (κ1) is 32.2. The number of β-lactam (4-membered cyclic amide) rings is 1. The number of carboxylic acid groups (broad SMARTS) is 1. The molecule has 15 heteroatoms. The minimum Gasteiger partial charge on any atom is -0.477 e. The van der Waals surface area contributed by atoms with Crippen LogP contribution in [0.4, 0.5) is 10.8 Å². The number of oxime groups is 1. The summed E-state index contributed by atoms with van der Waals surface area (Å²) < 4.78 is 0. The zero-order valence-corrected chi connectivity index (χ0v) is 26.2. The van der Waals surface area contributed by atoms with E-state index in [0.717, 1.165) is 35.1 Å². The van der Waals surface area contributed by atoms with Crippen molar-refractivity contribution in [3.05, 3.63) is 52.2 Å². The van der Waals surface area contributed by atoms with Crippen molar-refractivity contribution in [3.63, 3.8) is 0 Å². The van der Waals surface area contributed by atoms with Crippen molar-refractivity contribution in [1.82, 2.24) is 9.88 Å². The molecule has 3 heterocycles. The van der Waals surface area contributed by atoms with E-state index in [0.29, 0.717) is 30.0 Å². The van der Waals surface area contributed by atoms with Crippen molar-refractivity contribution in [2.45, 2.75) is 38.5 Å². The number of amides is 2. The number of hydrogen-bond acceptors (Lipinski definition) is 12. The van der Waals surface area contributed by atoms with Gasteiger partial charge in [-0.15, -0.1) is 23.1 Å². The topological polar surface area (TPSA) is 173 Å². The van der Waals surface area contributed by atoms with Crippen molar-refractivity contribution < 1.29 is 33.9 Å². The molecule has 1 fully saturated rings. The molecule has 3 N–H and O–H groups in total. The van der Waals surface area contributed by atoms with Gasteiger partial charge in [0, 0.05) is 36.7 Å². The summed E-state index contributed by atoms with van der Waals surface area (Å²) in [7, 11) is 1.30. The maximum absolute atomic E-state index is 13.2. The fraction of sp³-hybridized carbons (Fsp3) is 0.393. The highest BCUT2D eigenvalue weighted by atomic mass is 32.2. The Morgan fingerprint density at radius 3 is 2.56 bits per heavy atom. The molecule has 1 aromatic heterocycles. The lowest BCUT2D eigenvalue weighted by atomic mass is 9.88. The molecule has 0 bridgehead atoms. The van der Waals surface area contributed by atoms with E-state index in [1.54, 1.807) is 22.4 Å². The number of benzene rings is 1. The molecule has 1 aromatic carbocycles. The second-order valence-corrected chi connectivity index (χ2v) is 12.9. The van der Waals surface area contributed by atoms with Gasteiger partial charge < -0.3 is 20.6 Å². The van der Waals surface area contributed by atoms with Gasteiger partial charge in [-0.1, -0.05) is 36.0 Å². The monoisotopic (exact) mass is 645 g/mol. The van der Waals surface area contributed by atoms with Crippen LogP contribution in [0.15, 0.2) is 46.1 Å². The third-order valence-corrected chi connectivity index (χ3v) is 9.66. The van der Waals surface area contributed by atoms with Crippen molar-refractivity contribution in [1.29, 1.82) is 0 Å². The van der Waals surface area contributed by atoms with Crippen LogP contribution in [0.3, 0.4) is 0 Å². The number of carboxylic acids is 1. The van der Waals surface area contributed by atoms with Crippen molar-refractivity contribution in [3.8, 4) is 0 Å². The average Bonchev–Trinajstić information content (AvgIpc) is 3.41. The smallest absolute Gasteiger partial charge is 0.352 e. The number of nitrogens with zero attached hydrogens (tertiary/aromatic N) is 4. The second-order valence-electron chi connectivity index (χ2n) is 9.76. The predicted molar refractivity (Wildman–Crippen MR) is 167 cm³/mol. The predicted octanol–water partition coefficient (Wildman–Crippen LogP) is 3.17. The minimum absolute atomic E-state index is 0.0440. The molecule has 2 amide bonds. The molecular weight excluding hydrogens is 615 g/mol. The number of fused-ring (bicyclic) bond motifs is 1. The van der Waals surface area contributed by atoms with Gasteiger partial charge in [-0.25, -0.2) is 9.78 Å². The van der Waals surface area contributed by atoms with Crippen molar-refractivity contribution >= 4 is 80.1 Å². The first-order chi connectivity index (χ1) is 20.5. The van der Waals surface area contributed by atoms with Gasteiger partial charge in [0.15, 0.2) is 21.7 Å². The van der Waals surface area contributed by atoms with Crippen LogP contribution < -0.4 is 10.6 Å². The average molecular weight is 646 g/mol. The summed E-state index contributed by atoms with van der Waals surface area (Å²) in [5, 5.41) is 15.1. The quantitative estimate of drug-likeness (QED) is 0.186. The summed E-state index contributed by atoms with van der Waals surface area (Å²) in [6, 6.07) is 7.25. The van der Waals surface area contributed by atoms with E-state index in [2.05, 4.69) is 10.1 Å². The van der Waals surface area contributed by atoms with Crippen LogP contribution in [0, 0.1) is 5.92 Å². The number of nitrogen functional groups attached to an aromatic ring is 1. The Balaban J connectivity index is 1.48. The summed E-state index contributed by atoms with van der Waals surface area (Å²) in [6.07, 6.45) is 0.864. The number of Topliss-reactive ketones (excluding diaryl/α,β-unsaturated/α-hetero) is 1. The van der Waals surface area contributed by atoms with Crippen LogP contribution in [-0.4, -0.2) is 79.9 Å². The number of carbonyl (C=O) groups is 5. The lowest BCUT2D eigenvalue weighted by molar-refractivity contribution is -0.153. The van der Waals surface area contributed by atoms with Crippen LogP contribution in [0.5, 0.6) is 0 Å². The lowest BCUT2D eigenvalue weighted by Gasteiger charge is -2.49. The van der Waals surface area contributed by atoms with E-state index >= 15 is 0 Å². The van der Waals surface area contributed by atoms with Gasteiger partial charge in [-0.2, -0.15) is 0 Å². The number of carbonyl (C=O) groups excluding carboxylic acids is 4. The summed E-state index contributed by atoms with van der Waals surface area (Å²) >= 11 is 3.52. The largest absolute Gasteiger partial charge is 0.477 e. The maximum atomic E-state index is 13.2. The minimum atomic E-state index is -1.21. The number of thiazole rings is 1. The zero-order chi connectivity index (χ0) is 31.3. The molecule has 43 heavy (non-hydrogen) atoms. The van der Waals surface area contributed by atoms with Gasteiger partial charge in [0.2, 0.25) is 11.8 Å². The molecule has 0 aliphatic carbocycles. The molecule has 0 saturated carbocycles. The Bertz CT molecular complexity index is 1490. The zero-order valence-electron chi connectivity index (χ0n) is 23.8. The number of thioether (sulfide) groups is 2. The fourth-order valence-corrected chi connectivity index (χ4v) is 7.33. The van der Waals surface area contributed by atoms with E-state index in [9.17, 15) is 29.1 Å². The van der Waals surface area contributed by atoms with Crippen LogP contribution in [0.25, 0.3) is 0 Å². The van der Waals surface area contributed by atoms with Gasteiger partial charge in [0.25, 0.3) is 0 Å². The number of anilines is 2. The highest BCUT2D eigenvalue weighted by Crippen LogP contribution is 2.46. The Morgan fingerprint density at radius 2 is 1.98 bits per heavy atom. The maximum Gasteiger partial charge on any atom is 0.352 e. The molecule has 1 saturated heterocycles. The van der Waals surface area contributed by atoms with Gasteiger partial charge in [0.05, 0.1) is 17.0 Å². The molecule has 0 spiro atoms. The molecule has 0 unspecified atom stereocenters. The molecule has 2 aliphatic heterocycles. The molecule has 12 nitrogen and oxygen atoms in total. The second kappa shape index (κ2) is 14.2. The van der Waals surface area contributed by atoms with E-state index in [4.69, 9.17) is 10.6 Å². The normalized spacial score (nSPS) is 18.2. The highest BCUT2D eigenvalue weighted by molar-refractivity contribution is 8.14. The third-order valence-electron chi connectivity index (χ3n) is 6.79. The first-order valence-corrected chi connectivity index (χ1v) is 16.2. The Kier molecular flexibility index (Phi) is 10.6.